The summed E-state index contributed by atoms with van der Waals surface area (Å²) >= 11 is 1.85. The van der Waals surface area contributed by atoms with Crippen LogP contribution in [0, 0.1) is 5.92 Å². The number of urea groups is 1. The number of fused-ring (bicyclic) bond motifs is 5. The van der Waals surface area contributed by atoms with E-state index in [4.69, 9.17) is 19.9 Å². The molecule has 0 radical (unpaired) electrons. The lowest BCUT2D eigenvalue weighted by Gasteiger charge is -2.30. The van der Waals surface area contributed by atoms with Crippen LogP contribution >= 0.6 is 11.8 Å². The van der Waals surface area contributed by atoms with E-state index in [1.54, 1.807) is 29.4 Å². The fourth-order valence-electron chi connectivity index (χ4n) is 11.5. The van der Waals surface area contributed by atoms with Crippen molar-refractivity contribution >= 4 is 88.0 Å². The van der Waals surface area contributed by atoms with E-state index in [0.717, 1.165) is 35.9 Å². The Labute approximate surface area is 519 Å². The maximum atomic E-state index is 14.8. The van der Waals surface area contributed by atoms with Crippen molar-refractivity contribution in [1.82, 2.24) is 67.4 Å². The quantitative estimate of drug-likeness (QED) is 0.0395. The van der Waals surface area contributed by atoms with Crippen LogP contribution in [0.15, 0.2) is 53.4 Å². The van der Waals surface area contributed by atoms with Crippen molar-refractivity contribution in [1.29, 1.82) is 0 Å². The first-order valence-corrected chi connectivity index (χ1v) is 31.7. The first-order chi connectivity index (χ1) is 43.0. The number of unbranched alkanes of at least 4 members (excludes halogenated alkanes) is 1. The number of aromatic nitrogens is 4. The lowest BCUT2D eigenvalue weighted by atomic mass is 9.95. The maximum Gasteiger partial charge on any atom is 0.315 e. The molecule has 484 valence electrons. The number of ketones is 1. The molecule has 10 atom stereocenters. The Balaban J connectivity index is 0.886. The number of allylic oxidation sites excluding steroid dienone is 1. The van der Waals surface area contributed by atoms with Crippen molar-refractivity contribution in [2.75, 3.05) is 65.0 Å². The molecule has 5 aliphatic rings. The van der Waals surface area contributed by atoms with E-state index in [9.17, 15) is 53.1 Å². The van der Waals surface area contributed by atoms with Crippen molar-refractivity contribution < 1.29 is 67.3 Å². The molecule has 1 unspecified atom stereocenters. The van der Waals surface area contributed by atoms with Gasteiger partial charge in [0, 0.05) is 110 Å². The van der Waals surface area contributed by atoms with Crippen LogP contribution in [0.2, 0.25) is 0 Å². The Morgan fingerprint density at radius 2 is 1.61 bits per heavy atom. The van der Waals surface area contributed by atoms with Crippen LogP contribution in [0.3, 0.4) is 0 Å². The summed E-state index contributed by atoms with van der Waals surface area (Å²) < 4.78 is 18.4. The number of carbonyl (C=O) groups excluding carboxylic acids is 10. The van der Waals surface area contributed by atoms with Crippen LogP contribution in [-0.2, 0) is 76.7 Å². The van der Waals surface area contributed by atoms with Gasteiger partial charge < -0.3 is 77.5 Å². The number of H-pyrrole nitrogens is 1. The first kappa shape index (κ1) is 67.1. The maximum absolute atomic E-state index is 14.8. The van der Waals surface area contributed by atoms with Gasteiger partial charge in [-0.3, -0.25) is 52.8 Å². The van der Waals surface area contributed by atoms with Crippen LogP contribution in [0.5, 0.6) is 0 Å². The number of Topliss-reactive ketones (excluding diaryl/α,β-unsaturated/α-hetero) is 1. The molecular formula is C59H83N15O14S. The van der Waals surface area contributed by atoms with Crippen LogP contribution in [-0.4, -0.2) is 214 Å². The van der Waals surface area contributed by atoms with Gasteiger partial charge in [0.2, 0.25) is 47.3 Å². The number of nitrogens with one attached hydrogen (secondary N) is 9. The Morgan fingerprint density at radius 3 is 2.39 bits per heavy atom. The number of primary amides is 1. The second kappa shape index (κ2) is 33.7. The lowest BCUT2D eigenvalue weighted by Crippen LogP contribution is -2.61. The van der Waals surface area contributed by atoms with Crippen molar-refractivity contribution in [3.8, 4) is 0 Å². The highest BCUT2D eigenvalue weighted by atomic mass is 32.2. The molecule has 29 nitrogen and oxygen atoms in total. The number of aliphatic hydroxyl groups excluding tert-OH is 1. The summed E-state index contributed by atoms with van der Waals surface area (Å²) in [5, 5.41) is 42.8. The van der Waals surface area contributed by atoms with Gasteiger partial charge in [-0.05, 0) is 57.1 Å². The number of rotatable bonds is 23. The number of ether oxygens (including phenoxy) is 3. The Kier molecular flexibility index (Phi) is 25.4. The fourth-order valence-corrected chi connectivity index (χ4v) is 13.0. The predicted molar refractivity (Wildman–Crippen MR) is 324 cm³/mol. The summed E-state index contributed by atoms with van der Waals surface area (Å²) in [4.78, 5) is 144. The molecule has 0 aliphatic carbocycles. The van der Waals surface area contributed by atoms with Gasteiger partial charge in [-0.1, -0.05) is 42.3 Å². The molecule has 7 heterocycles. The van der Waals surface area contributed by atoms with Gasteiger partial charge in [0.05, 0.1) is 63.5 Å². The lowest BCUT2D eigenvalue weighted by molar-refractivity contribution is -0.142. The molecule has 5 aliphatic heterocycles. The number of nitrogens with zero attached hydrogens (tertiary/aromatic N) is 5. The fraction of sp³-hybridized carbons (Fsp3) is 0.610. The van der Waals surface area contributed by atoms with E-state index in [2.05, 4.69) is 62.8 Å². The van der Waals surface area contributed by atoms with Gasteiger partial charge in [0.1, 0.15) is 36.8 Å². The summed E-state index contributed by atoms with van der Waals surface area (Å²) in [5.41, 5.74) is 7.89. The molecule has 3 aromatic rings. The minimum atomic E-state index is -1.68. The Hall–Kier alpha value is -7.80. The zero-order valence-corrected chi connectivity index (χ0v) is 50.9. The summed E-state index contributed by atoms with van der Waals surface area (Å²) in [5.74, 6) is -5.79. The monoisotopic (exact) mass is 1260 g/mol. The normalized spacial score (nSPS) is 25.4. The molecule has 30 heteroatoms. The molecule has 3 fully saturated rings. The van der Waals surface area contributed by atoms with Crippen molar-refractivity contribution in [2.24, 2.45) is 16.6 Å². The molecule has 2 aromatic heterocycles. The number of carbonyl (C=O) groups is 10. The van der Waals surface area contributed by atoms with E-state index in [1.165, 1.54) is 11.8 Å². The van der Waals surface area contributed by atoms with Crippen LogP contribution in [0.4, 0.5) is 4.79 Å². The average molecular weight is 1260 g/mol. The molecule has 3 saturated heterocycles. The number of aliphatic hydroxyl groups is 1. The summed E-state index contributed by atoms with van der Waals surface area (Å²) in [6.45, 7) is 2.01. The number of aromatic amines is 1. The Morgan fingerprint density at radius 1 is 0.831 bits per heavy atom. The van der Waals surface area contributed by atoms with E-state index in [0.29, 0.717) is 74.0 Å². The molecule has 10 amide bonds. The molecule has 0 saturated carbocycles. The van der Waals surface area contributed by atoms with E-state index >= 15 is 0 Å². The predicted octanol–water partition coefficient (Wildman–Crippen LogP) is -1.14. The SMILES string of the molecule is CC(O)[C@@H]1NC(=O)[C@H](Cc2c[nH]c3ccccc23)NC(=O)[C@@H]2CCCN2C(=O)[C@@H](NC(=O)COCCOCCOCCNC(=O)CCCC[C@H]2SC[C@H]3NC(=O)N[C@H]32)Cc2cn(nn2)CCCC[C@@H](C(N)=O)CC(=O)CNC(=O)[C@H](CC2=CCC=N2)NC1=O. The number of aliphatic imine (C=N–C) groups is 1. The number of thioether (sulfide) groups is 1. The number of para-hydroxylation sites is 1. The minimum Gasteiger partial charge on any atom is -0.391 e. The van der Waals surface area contributed by atoms with E-state index < -0.39 is 103 Å². The highest BCUT2D eigenvalue weighted by Gasteiger charge is 2.43. The van der Waals surface area contributed by atoms with Gasteiger partial charge in [0.25, 0.3) is 0 Å². The van der Waals surface area contributed by atoms with Crippen LogP contribution in [0.1, 0.15) is 95.2 Å². The molecule has 0 spiro atoms. The third-order valence-electron chi connectivity index (χ3n) is 16.2. The molecular weight excluding hydrogens is 1170 g/mol. The molecule has 2 bridgehead atoms. The molecule has 1 aromatic carbocycles. The highest BCUT2D eigenvalue weighted by Crippen LogP contribution is 2.33. The number of amides is 10. The van der Waals surface area contributed by atoms with Gasteiger partial charge in [0.15, 0.2) is 5.78 Å². The standard InChI is InChI=1S/C59H83N15O14S/c1-35(75)51-57(83)67-44(28-38-11-8-17-61-38)54(80)64-31-40(76)26-36(53(60)79)10-6-7-19-73-32-39(71-72-73)29-45(58(84)74-20-9-14-47(74)56(82)66-43(55(81)69-51)27-37-30-63-42-13-3-2-12-41(37)42)65-50(78)33-88-25-24-87-23-22-86-21-18-62-49(77)16-5-4-15-48-52-46(34-89-48)68-59(85)70-52/h2-3,11-13,17,30,32,35-36,43-48,51-52,63,75H,4-10,14-16,18-29,31,33-34H2,1H3,(H2,60,79)(H,62,77)(H,64,80)(H,65,78)(H,66,82)(H,67,83)(H,69,81)(H2,68,70,85)/t35?,36-,43+,44+,45+,46-,47+,48-,51+,52-/m1/s1. The van der Waals surface area contributed by atoms with E-state index in [-0.39, 0.29) is 95.5 Å². The smallest absolute Gasteiger partial charge is 0.315 e. The van der Waals surface area contributed by atoms with E-state index in [1.807, 2.05) is 36.0 Å². The van der Waals surface area contributed by atoms with Gasteiger partial charge in [-0.2, -0.15) is 11.8 Å². The number of hydrogen-bond donors (Lipinski definition) is 11. The topological polar surface area (TPSA) is 403 Å². The largest absolute Gasteiger partial charge is 0.391 e. The number of nitrogens with two attached hydrogens (primary N) is 1. The first-order valence-electron chi connectivity index (χ1n) is 30.6. The zero-order valence-electron chi connectivity index (χ0n) is 50.0. The summed E-state index contributed by atoms with van der Waals surface area (Å²) in [6, 6.07) is 0.695. The third-order valence-corrected chi connectivity index (χ3v) is 17.7. The molecule has 8 rings (SSSR count). The van der Waals surface area contributed by atoms with Gasteiger partial charge in [-0.25, -0.2) is 4.79 Å². The van der Waals surface area contributed by atoms with Crippen molar-refractivity contribution in [2.45, 2.75) is 157 Å². The average Bonchev–Trinajstić information content (AvgIpc) is 2.07. The number of aryl methyl sites for hydroxylation is 1. The highest BCUT2D eigenvalue weighted by molar-refractivity contribution is 8.00. The number of hydrogen-bond acceptors (Lipinski definition) is 18. The molecule has 12 N–H and O–H groups in total. The second-order valence-corrected chi connectivity index (χ2v) is 24.2. The van der Waals surface area contributed by atoms with Gasteiger partial charge >= 0.3 is 6.03 Å². The summed E-state index contributed by atoms with van der Waals surface area (Å²) in [7, 11) is 0. The Bertz CT molecular complexity index is 3040. The third kappa shape index (κ3) is 20.1. The zero-order chi connectivity index (χ0) is 63.2. The summed E-state index contributed by atoms with van der Waals surface area (Å²) in [6.07, 6.45) is 9.68. The molecule has 89 heavy (non-hydrogen) atoms. The minimum absolute atomic E-state index is 0.0226. The van der Waals surface area contributed by atoms with Crippen LogP contribution in [0.25, 0.3) is 10.9 Å². The van der Waals surface area contributed by atoms with Gasteiger partial charge in [-0.15, -0.1) is 5.10 Å². The van der Waals surface area contributed by atoms with Crippen molar-refractivity contribution in [3.63, 3.8) is 0 Å². The van der Waals surface area contributed by atoms with Crippen LogP contribution < -0.4 is 48.3 Å². The second-order valence-electron chi connectivity index (χ2n) is 22.9. The van der Waals surface area contributed by atoms with Crippen molar-refractivity contribution in [3.05, 3.63) is 59.7 Å². The number of benzene rings is 1.